The molecule has 0 saturated heterocycles. The van der Waals surface area contributed by atoms with Crippen molar-refractivity contribution in [3.05, 3.63) is 71.5 Å². The summed E-state index contributed by atoms with van der Waals surface area (Å²) in [6.45, 7) is 0.381. The fourth-order valence-electron chi connectivity index (χ4n) is 2.51. The molecule has 1 heterocycles. The first kappa shape index (κ1) is 15.6. The van der Waals surface area contributed by atoms with Crippen LogP contribution in [-0.4, -0.2) is 22.7 Å². The molecule has 1 unspecified atom stereocenters. The summed E-state index contributed by atoms with van der Waals surface area (Å²) in [5.41, 5.74) is 2.13. The Hall–Kier alpha value is -2.27. The Kier molecular flexibility index (Phi) is 4.67. The molecule has 1 atom stereocenters. The van der Waals surface area contributed by atoms with Crippen molar-refractivity contribution < 1.29 is 14.3 Å². The first-order valence-electron chi connectivity index (χ1n) is 7.18. The summed E-state index contributed by atoms with van der Waals surface area (Å²) in [5, 5.41) is 0.235. The Morgan fingerprint density at radius 1 is 1.22 bits per heavy atom. The lowest BCUT2D eigenvalue weighted by Gasteiger charge is -2.25. The van der Waals surface area contributed by atoms with Gasteiger partial charge in [-0.15, -0.1) is 0 Å². The van der Waals surface area contributed by atoms with Crippen LogP contribution in [0.5, 0.6) is 0 Å². The quantitative estimate of drug-likeness (QED) is 0.747. The second-order valence-corrected chi connectivity index (χ2v) is 5.72. The summed E-state index contributed by atoms with van der Waals surface area (Å²) in [6.07, 6.45) is 6.55. The number of aliphatic imine (C=N–C) groups is 1. The van der Waals surface area contributed by atoms with E-state index in [1.54, 1.807) is 18.2 Å². The van der Waals surface area contributed by atoms with E-state index in [0.717, 1.165) is 5.56 Å². The van der Waals surface area contributed by atoms with E-state index < -0.39 is 0 Å². The van der Waals surface area contributed by atoms with E-state index in [2.05, 4.69) is 20.9 Å². The van der Waals surface area contributed by atoms with E-state index >= 15 is 0 Å². The Labute approximate surface area is 142 Å². The molecule has 3 rings (SSSR count). The average Bonchev–Trinajstić information content (AvgIpc) is 2.59. The molecule has 2 aliphatic rings. The van der Waals surface area contributed by atoms with E-state index in [9.17, 15) is 9.59 Å². The van der Waals surface area contributed by atoms with Gasteiger partial charge in [0.05, 0.1) is 17.0 Å². The van der Waals surface area contributed by atoms with Gasteiger partial charge in [-0.1, -0.05) is 58.4 Å². The number of Topliss-reactive ketones (excluding diaryl/α,β-unsaturated/α-hetero) is 1. The van der Waals surface area contributed by atoms with Crippen molar-refractivity contribution in [1.29, 1.82) is 0 Å². The molecule has 0 fully saturated rings. The van der Waals surface area contributed by atoms with Crippen LogP contribution in [0.3, 0.4) is 0 Å². The molecule has 0 bridgehead atoms. The third-order valence-corrected chi connectivity index (χ3v) is 4.15. The molecule has 1 amide bonds. The van der Waals surface area contributed by atoms with Crippen LogP contribution in [0.1, 0.15) is 5.56 Å². The number of nitrogens with zero attached hydrogens (tertiary/aromatic N) is 1. The Morgan fingerprint density at radius 3 is 2.74 bits per heavy atom. The number of carbonyl (C=O) groups is 2. The highest BCUT2D eigenvalue weighted by Gasteiger charge is 2.31. The maximum atomic E-state index is 12.0. The SMILES string of the molecule is O=C1C=CC2C(C(=O)CBr)=CC=C(OCc3ccccc3)C2=N1. The number of dihydropyridines is 1. The van der Waals surface area contributed by atoms with Crippen molar-refractivity contribution in [3.63, 3.8) is 0 Å². The van der Waals surface area contributed by atoms with Crippen LogP contribution in [0.2, 0.25) is 0 Å². The van der Waals surface area contributed by atoms with E-state index in [4.69, 9.17) is 4.74 Å². The number of hydrogen-bond acceptors (Lipinski definition) is 3. The van der Waals surface area contributed by atoms with Crippen molar-refractivity contribution in [2.75, 3.05) is 5.33 Å². The molecular weight excluding hydrogens is 358 g/mol. The van der Waals surface area contributed by atoms with Gasteiger partial charge in [-0.05, 0) is 11.6 Å². The fraction of sp³-hybridized carbons (Fsp3) is 0.167. The lowest BCUT2D eigenvalue weighted by molar-refractivity contribution is -0.114. The summed E-state index contributed by atoms with van der Waals surface area (Å²) in [4.78, 5) is 27.7. The monoisotopic (exact) mass is 371 g/mol. The highest BCUT2D eigenvalue weighted by atomic mass is 79.9. The Balaban J connectivity index is 1.86. The normalized spacial score (nSPS) is 19.4. The molecule has 0 aromatic heterocycles. The minimum atomic E-state index is -0.335. The lowest BCUT2D eigenvalue weighted by atomic mass is 9.85. The number of ether oxygens (including phenoxy) is 1. The molecule has 0 spiro atoms. The maximum Gasteiger partial charge on any atom is 0.269 e. The van der Waals surface area contributed by atoms with Crippen molar-refractivity contribution in [3.8, 4) is 0 Å². The molecular formula is C18H14BrNO3. The van der Waals surface area contributed by atoms with Gasteiger partial charge >= 0.3 is 0 Å². The summed E-state index contributed by atoms with van der Waals surface area (Å²) in [7, 11) is 0. The molecule has 1 aliphatic carbocycles. The highest BCUT2D eigenvalue weighted by Crippen LogP contribution is 2.29. The number of allylic oxidation sites excluding steroid dienone is 5. The van der Waals surface area contributed by atoms with Crippen molar-refractivity contribution in [1.82, 2.24) is 0 Å². The van der Waals surface area contributed by atoms with Gasteiger partial charge in [-0.2, -0.15) is 0 Å². The van der Waals surface area contributed by atoms with Crippen molar-refractivity contribution >= 4 is 33.3 Å². The number of carbonyl (C=O) groups excluding carboxylic acids is 2. The number of alkyl halides is 1. The number of rotatable bonds is 5. The first-order chi connectivity index (χ1) is 11.2. The van der Waals surface area contributed by atoms with Crippen LogP contribution in [-0.2, 0) is 20.9 Å². The maximum absolute atomic E-state index is 12.0. The number of ketones is 1. The molecule has 0 saturated carbocycles. The zero-order chi connectivity index (χ0) is 16.2. The molecule has 116 valence electrons. The number of amides is 1. The van der Waals surface area contributed by atoms with Gasteiger partial charge in [0, 0.05) is 11.6 Å². The number of hydrogen-bond donors (Lipinski definition) is 0. The number of fused-ring (bicyclic) bond motifs is 1. The topological polar surface area (TPSA) is 55.7 Å². The van der Waals surface area contributed by atoms with Crippen LogP contribution >= 0.6 is 15.9 Å². The van der Waals surface area contributed by atoms with Gasteiger partial charge in [-0.3, -0.25) is 9.59 Å². The Bertz CT molecular complexity index is 760. The van der Waals surface area contributed by atoms with Crippen LogP contribution in [0.25, 0.3) is 0 Å². The molecule has 1 aliphatic heterocycles. The van der Waals surface area contributed by atoms with Crippen molar-refractivity contribution in [2.24, 2.45) is 10.9 Å². The smallest absolute Gasteiger partial charge is 0.269 e. The van der Waals surface area contributed by atoms with E-state index in [-0.39, 0.29) is 22.9 Å². The van der Waals surface area contributed by atoms with E-state index in [1.165, 1.54) is 6.08 Å². The van der Waals surface area contributed by atoms with Gasteiger partial charge in [0.25, 0.3) is 5.91 Å². The molecule has 5 heteroatoms. The van der Waals surface area contributed by atoms with Gasteiger partial charge in [0.2, 0.25) is 0 Å². The Morgan fingerprint density at radius 2 is 2.00 bits per heavy atom. The summed E-state index contributed by atoms with van der Waals surface area (Å²) < 4.78 is 5.83. The molecule has 4 nitrogen and oxygen atoms in total. The highest BCUT2D eigenvalue weighted by molar-refractivity contribution is 9.09. The standard InChI is InChI=1S/C18H14BrNO3/c19-10-15(21)13-6-8-16(18-14(13)7-9-17(22)20-18)23-11-12-4-2-1-3-5-12/h1-9,14H,10-11H2. The molecule has 23 heavy (non-hydrogen) atoms. The minimum absolute atomic E-state index is 0.0277. The molecule has 0 radical (unpaired) electrons. The lowest BCUT2D eigenvalue weighted by Crippen LogP contribution is -2.29. The average molecular weight is 372 g/mol. The summed E-state index contributed by atoms with van der Waals surface area (Å²) >= 11 is 3.18. The predicted octanol–water partition coefficient (Wildman–Crippen LogP) is 3.14. The number of benzene rings is 1. The number of halogens is 1. The zero-order valence-corrected chi connectivity index (χ0v) is 13.8. The van der Waals surface area contributed by atoms with E-state index in [0.29, 0.717) is 23.7 Å². The van der Waals surface area contributed by atoms with Gasteiger partial charge in [0.15, 0.2) is 5.78 Å². The second-order valence-electron chi connectivity index (χ2n) is 5.16. The third kappa shape index (κ3) is 3.40. The van der Waals surface area contributed by atoms with Crippen LogP contribution < -0.4 is 0 Å². The first-order valence-corrected chi connectivity index (χ1v) is 8.30. The summed E-state index contributed by atoms with van der Waals surface area (Å²) in [5.74, 6) is -0.158. The van der Waals surface area contributed by atoms with Gasteiger partial charge in [0.1, 0.15) is 12.4 Å². The third-order valence-electron chi connectivity index (χ3n) is 3.64. The van der Waals surface area contributed by atoms with Crippen molar-refractivity contribution in [2.45, 2.75) is 6.61 Å². The predicted molar refractivity (Wildman–Crippen MR) is 91.3 cm³/mol. The van der Waals surface area contributed by atoms with Crippen LogP contribution in [0.4, 0.5) is 0 Å². The van der Waals surface area contributed by atoms with Gasteiger partial charge < -0.3 is 4.74 Å². The van der Waals surface area contributed by atoms with E-state index in [1.807, 2.05) is 30.3 Å². The molecule has 0 N–H and O–H groups in total. The molecule has 1 aromatic rings. The van der Waals surface area contributed by atoms with Crippen LogP contribution in [0, 0.1) is 5.92 Å². The fourth-order valence-corrected chi connectivity index (χ4v) is 2.83. The zero-order valence-electron chi connectivity index (χ0n) is 12.2. The summed E-state index contributed by atoms with van der Waals surface area (Å²) in [6, 6.07) is 9.74. The second kappa shape index (κ2) is 6.87. The molecule has 1 aromatic carbocycles. The largest absolute Gasteiger partial charge is 0.487 e. The van der Waals surface area contributed by atoms with Gasteiger partial charge in [-0.25, -0.2) is 4.99 Å². The minimum Gasteiger partial charge on any atom is -0.487 e. The van der Waals surface area contributed by atoms with Crippen LogP contribution in [0.15, 0.2) is 71.0 Å².